The van der Waals surface area contributed by atoms with Gasteiger partial charge in [0, 0.05) is 5.69 Å². The molecule has 1 N–H and O–H groups in total. The molecule has 0 aliphatic carbocycles. The standard InChI is InChI=1S/C17H19NO4S/c1-12-10-15(6-8-16(12)21-2)23(19,20)18-14-5-7-17-13(11-14)4-3-9-22-17/h5-8,10-11,18H,3-4,9H2,1-2H3. The highest BCUT2D eigenvalue weighted by Gasteiger charge is 2.17. The first-order chi connectivity index (χ1) is 11.0. The van der Waals surface area contributed by atoms with Gasteiger partial charge in [0.05, 0.1) is 18.6 Å². The molecule has 6 heteroatoms. The van der Waals surface area contributed by atoms with E-state index in [2.05, 4.69) is 4.72 Å². The fraction of sp³-hybridized carbons (Fsp3) is 0.294. The summed E-state index contributed by atoms with van der Waals surface area (Å²) >= 11 is 0. The van der Waals surface area contributed by atoms with E-state index in [4.69, 9.17) is 9.47 Å². The Balaban J connectivity index is 1.87. The maximum absolute atomic E-state index is 12.5. The van der Waals surface area contributed by atoms with Crippen molar-refractivity contribution >= 4 is 15.7 Å². The Bertz CT molecular complexity index is 830. The summed E-state index contributed by atoms with van der Waals surface area (Å²) < 4.78 is 38.4. The fourth-order valence-electron chi connectivity index (χ4n) is 2.66. The van der Waals surface area contributed by atoms with Crippen LogP contribution in [0.5, 0.6) is 11.5 Å². The van der Waals surface area contributed by atoms with E-state index in [-0.39, 0.29) is 4.90 Å². The Labute approximate surface area is 136 Å². The summed E-state index contributed by atoms with van der Waals surface area (Å²) in [4.78, 5) is 0.213. The molecule has 0 saturated carbocycles. The zero-order chi connectivity index (χ0) is 16.4. The van der Waals surface area contributed by atoms with Gasteiger partial charge in [-0.2, -0.15) is 0 Å². The van der Waals surface area contributed by atoms with Crippen LogP contribution in [0.3, 0.4) is 0 Å². The molecule has 0 bridgehead atoms. The van der Waals surface area contributed by atoms with Crippen molar-refractivity contribution in [2.45, 2.75) is 24.7 Å². The van der Waals surface area contributed by atoms with Crippen LogP contribution >= 0.6 is 0 Å². The molecule has 0 radical (unpaired) electrons. The van der Waals surface area contributed by atoms with E-state index in [0.717, 1.165) is 29.7 Å². The molecular formula is C17H19NO4S. The van der Waals surface area contributed by atoms with Crippen LogP contribution in [0.15, 0.2) is 41.3 Å². The lowest BCUT2D eigenvalue weighted by Crippen LogP contribution is -2.14. The van der Waals surface area contributed by atoms with Gasteiger partial charge in [0.1, 0.15) is 11.5 Å². The summed E-state index contributed by atoms with van der Waals surface area (Å²) in [6, 6.07) is 10.2. The molecule has 0 amide bonds. The highest BCUT2D eigenvalue weighted by molar-refractivity contribution is 7.92. The monoisotopic (exact) mass is 333 g/mol. The highest BCUT2D eigenvalue weighted by atomic mass is 32.2. The van der Waals surface area contributed by atoms with Crippen molar-refractivity contribution in [2.75, 3.05) is 18.4 Å². The molecular weight excluding hydrogens is 314 g/mol. The number of benzene rings is 2. The Morgan fingerprint density at radius 3 is 2.74 bits per heavy atom. The normalized spacial score (nSPS) is 13.8. The molecule has 2 aromatic carbocycles. The Morgan fingerprint density at radius 2 is 2.00 bits per heavy atom. The maximum atomic E-state index is 12.5. The Morgan fingerprint density at radius 1 is 1.17 bits per heavy atom. The highest BCUT2D eigenvalue weighted by Crippen LogP contribution is 2.29. The summed E-state index contributed by atoms with van der Waals surface area (Å²) in [6.07, 6.45) is 1.84. The molecule has 0 spiro atoms. The van der Waals surface area contributed by atoms with Crippen molar-refractivity contribution < 1.29 is 17.9 Å². The summed E-state index contributed by atoms with van der Waals surface area (Å²) in [5.41, 5.74) is 2.35. The third-order valence-electron chi connectivity index (χ3n) is 3.84. The van der Waals surface area contributed by atoms with Gasteiger partial charge in [-0.15, -0.1) is 0 Å². The number of nitrogens with one attached hydrogen (secondary N) is 1. The minimum atomic E-state index is -3.63. The number of fused-ring (bicyclic) bond motifs is 1. The van der Waals surface area contributed by atoms with Crippen LogP contribution < -0.4 is 14.2 Å². The van der Waals surface area contributed by atoms with Gasteiger partial charge in [-0.3, -0.25) is 4.72 Å². The number of methoxy groups -OCH3 is 1. The van der Waals surface area contributed by atoms with Gasteiger partial charge < -0.3 is 9.47 Å². The molecule has 1 aliphatic rings. The van der Waals surface area contributed by atoms with E-state index in [9.17, 15) is 8.42 Å². The molecule has 0 fully saturated rings. The van der Waals surface area contributed by atoms with Gasteiger partial charge in [-0.25, -0.2) is 8.42 Å². The number of sulfonamides is 1. The first-order valence-corrected chi connectivity index (χ1v) is 8.91. The second kappa shape index (κ2) is 6.12. The average Bonchev–Trinajstić information content (AvgIpc) is 2.54. The maximum Gasteiger partial charge on any atom is 0.261 e. The van der Waals surface area contributed by atoms with E-state index in [1.807, 2.05) is 19.1 Å². The predicted molar refractivity (Wildman–Crippen MR) is 88.8 cm³/mol. The second-order valence-corrected chi connectivity index (χ2v) is 7.19. The third kappa shape index (κ3) is 3.27. The van der Waals surface area contributed by atoms with E-state index in [1.54, 1.807) is 25.3 Å². The summed E-state index contributed by atoms with van der Waals surface area (Å²) in [5, 5.41) is 0. The van der Waals surface area contributed by atoms with Crippen molar-refractivity contribution in [1.82, 2.24) is 0 Å². The lowest BCUT2D eigenvalue weighted by molar-refractivity contribution is 0.288. The Kier molecular flexibility index (Phi) is 4.17. The van der Waals surface area contributed by atoms with Crippen molar-refractivity contribution in [1.29, 1.82) is 0 Å². The molecule has 23 heavy (non-hydrogen) atoms. The molecule has 3 rings (SSSR count). The SMILES string of the molecule is COc1ccc(S(=O)(=O)Nc2ccc3c(c2)CCCO3)cc1C. The van der Waals surface area contributed by atoms with Crippen LogP contribution in [0.4, 0.5) is 5.69 Å². The molecule has 1 aliphatic heterocycles. The molecule has 2 aromatic rings. The van der Waals surface area contributed by atoms with Crippen molar-refractivity contribution in [2.24, 2.45) is 0 Å². The Hall–Kier alpha value is -2.21. The zero-order valence-corrected chi connectivity index (χ0v) is 13.9. The molecule has 5 nitrogen and oxygen atoms in total. The third-order valence-corrected chi connectivity index (χ3v) is 5.22. The lowest BCUT2D eigenvalue weighted by Gasteiger charge is -2.18. The minimum absolute atomic E-state index is 0.213. The van der Waals surface area contributed by atoms with Crippen LogP contribution in [0.25, 0.3) is 0 Å². The number of anilines is 1. The quantitative estimate of drug-likeness (QED) is 0.933. The number of ether oxygens (including phenoxy) is 2. The smallest absolute Gasteiger partial charge is 0.261 e. The average molecular weight is 333 g/mol. The van der Waals surface area contributed by atoms with Gasteiger partial charge in [-0.05, 0) is 67.3 Å². The topological polar surface area (TPSA) is 64.6 Å². The predicted octanol–water partition coefficient (Wildman–Crippen LogP) is 3.13. The van der Waals surface area contributed by atoms with E-state index >= 15 is 0 Å². The molecule has 0 atom stereocenters. The van der Waals surface area contributed by atoms with Crippen molar-refractivity contribution in [3.63, 3.8) is 0 Å². The van der Waals surface area contributed by atoms with Gasteiger partial charge >= 0.3 is 0 Å². The number of hydrogen-bond donors (Lipinski definition) is 1. The van der Waals surface area contributed by atoms with E-state index in [1.165, 1.54) is 6.07 Å². The summed E-state index contributed by atoms with van der Waals surface area (Å²) in [6.45, 7) is 2.53. The lowest BCUT2D eigenvalue weighted by atomic mass is 10.1. The van der Waals surface area contributed by atoms with Gasteiger partial charge in [0.2, 0.25) is 0 Å². The fourth-order valence-corrected chi connectivity index (χ4v) is 3.79. The molecule has 1 heterocycles. The van der Waals surface area contributed by atoms with E-state index < -0.39 is 10.0 Å². The number of hydrogen-bond acceptors (Lipinski definition) is 4. The van der Waals surface area contributed by atoms with Crippen LogP contribution in [0.1, 0.15) is 17.5 Å². The zero-order valence-electron chi connectivity index (χ0n) is 13.1. The first kappa shape index (κ1) is 15.7. The van der Waals surface area contributed by atoms with Gasteiger partial charge in [0.15, 0.2) is 0 Å². The summed E-state index contributed by atoms with van der Waals surface area (Å²) in [5.74, 6) is 1.49. The largest absolute Gasteiger partial charge is 0.496 e. The molecule has 122 valence electrons. The second-order valence-electron chi connectivity index (χ2n) is 5.51. The molecule has 0 aromatic heterocycles. The van der Waals surface area contributed by atoms with Gasteiger partial charge in [-0.1, -0.05) is 0 Å². The summed E-state index contributed by atoms with van der Waals surface area (Å²) in [7, 11) is -2.07. The first-order valence-electron chi connectivity index (χ1n) is 7.43. The molecule has 0 unspecified atom stereocenters. The van der Waals surface area contributed by atoms with Crippen LogP contribution in [-0.4, -0.2) is 22.1 Å². The van der Waals surface area contributed by atoms with Crippen LogP contribution in [0, 0.1) is 6.92 Å². The number of aryl methyl sites for hydroxylation is 2. The minimum Gasteiger partial charge on any atom is -0.496 e. The number of rotatable bonds is 4. The van der Waals surface area contributed by atoms with E-state index in [0.29, 0.717) is 18.0 Å². The molecule has 0 saturated heterocycles. The van der Waals surface area contributed by atoms with Crippen molar-refractivity contribution in [3.8, 4) is 11.5 Å². The van der Waals surface area contributed by atoms with Crippen molar-refractivity contribution in [3.05, 3.63) is 47.5 Å². The van der Waals surface area contributed by atoms with Crippen LogP contribution in [0.2, 0.25) is 0 Å². The van der Waals surface area contributed by atoms with Gasteiger partial charge in [0.25, 0.3) is 10.0 Å². The van der Waals surface area contributed by atoms with Crippen LogP contribution in [-0.2, 0) is 16.4 Å².